The van der Waals surface area contributed by atoms with E-state index in [1.165, 1.54) is 10.6 Å². The number of carbonyl (C=O) groups is 1. The predicted octanol–water partition coefficient (Wildman–Crippen LogP) is 0.154. The Morgan fingerprint density at radius 2 is 2.27 bits per heavy atom. The topological polar surface area (TPSA) is 77.1 Å². The minimum atomic E-state index is -0.563. The maximum absolute atomic E-state index is 11.3. The predicted molar refractivity (Wildman–Crippen MR) is 58.7 cm³/mol. The Kier molecular flexibility index (Phi) is 3.62. The Bertz CT molecular complexity index is 409. The second kappa shape index (κ2) is 4.75. The van der Waals surface area contributed by atoms with E-state index in [4.69, 9.17) is 5.73 Å². The minimum Gasteiger partial charge on any atom is -0.323 e. The number of hydrogen-bond donors (Lipinski definition) is 2. The van der Waals surface area contributed by atoms with E-state index in [1.54, 1.807) is 19.2 Å². The molecule has 0 saturated heterocycles. The summed E-state index contributed by atoms with van der Waals surface area (Å²) in [4.78, 5) is 22.5. The van der Waals surface area contributed by atoms with Crippen molar-refractivity contribution in [2.24, 2.45) is 5.73 Å². The highest BCUT2D eigenvalue weighted by molar-refractivity contribution is 5.94. The average Bonchev–Trinajstić information content (AvgIpc) is 2.20. The Morgan fingerprint density at radius 1 is 1.60 bits per heavy atom. The number of carbonyl (C=O) groups excluding carboxylic acids is 1. The molecule has 15 heavy (non-hydrogen) atoms. The van der Waals surface area contributed by atoms with Crippen molar-refractivity contribution in [3.8, 4) is 0 Å². The minimum absolute atomic E-state index is 0.0868. The molecule has 0 aromatic carbocycles. The van der Waals surface area contributed by atoms with Crippen molar-refractivity contribution < 1.29 is 4.79 Å². The van der Waals surface area contributed by atoms with Crippen molar-refractivity contribution in [1.82, 2.24) is 4.57 Å². The second-order valence-electron chi connectivity index (χ2n) is 3.32. The molecular formula is C10H15N3O2. The lowest BCUT2D eigenvalue weighted by Gasteiger charge is -2.09. The van der Waals surface area contributed by atoms with Crippen molar-refractivity contribution in [2.75, 3.05) is 5.32 Å². The first-order valence-electron chi connectivity index (χ1n) is 4.81. The molecule has 1 amide bonds. The molecule has 0 fully saturated rings. The maximum atomic E-state index is 11.3. The molecule has 0 spiro atoms. The Morgan fingerprint density at radius 3 is 2.80 bits per heavy atom. The maximum Gasteiger partial charge on any atom is 0.250 e. The highest BCUT2D eigenvalue weighted by atomic mass is 16.2. The van der Waals surface area contributed by atoms with E-state index in [1.807, 2.05) is 6.92 Å². The number of aromatic nitrogens is 1. The van der Waals surface area contributed by atoms with Crippen LogP contribution in [-0.4, -0.2) is 16.5 Å². The summed E-state index contributed by atoms with van der Waals surface area (Å²) < 4.78 is 1.51. The molecule has 0 aliphatic rings. The molecule has 82 valence electrons. The van der Waals surface area contributed by atoms with Gasteiger partial charge < -0.3 is 15.6 Å². The zero-order valence-electron chi connectivity index (χ0n) is 8.86. The van der Waals surface area contributed by atoms with E-state index < -0.39 is 6.04 Å². The molecule has 0 saturated carbocycles. The summed E-state index contributed by atoms with van der Waals surface area (Å²) in [5.74, 6) is -0.267. The van der Waals surface area contributed by atoms with Crippen LogP contribution in [0.4, 0.5) is 5.69 Å². The zero-order valence-corrected chi connectivity index (χ0v) is 8.86. The Hall–Kier alpha value is -1.62. The highest BCUT2D eigenvalue weighted by Gasteiger charge is 2.07. The second-order valence-corrected chi connectivity index (χ2v) is 3.32. The molecule has 1 unspecified atom stereocenters. The number of nitrogens with zero attached hydrogens (tertiary/aromatic N) is 1. The van der Waals surface area contributed by atoms with Crippen LogP contribution in [0.3, 0.4) is 0 Å². The number of amides is 1. The van der Waals surface area contributed by atoms with Gasteiger partial charge in [0.15, 0.2) is 0 Å². The third-order valence-corrected chi connectivity index (χ3v) is 2.01. The SMILES string of the molecule is CCn1cc(NC(=O)C(C)N)ccc1=O. The van der Waals surface area contributed by atoms with Gasteiger partial charge in [-0.05, 0) is 19.9 Å². The van der Waals surface area contributed by atoms with Crippen LogP contribution in [0.15, 0.2) is 23.1 Å². The third-order valence-electron chi connectivity index (χ3n) is 2.01. The number of pyridine rings is 1. The van der Waals surface area contributed by atoms with E-state index in [-0.39, 0.29) is 11.5 Å². The van der Waals surface area contributed by atoms with Gasteiger partial charge in [0.2, 0.25) is 5.91 Å². The van der Waals surface area contributed by atoms with Crippen LogP contribution in [0.1, 0.15) is 13.8 Å². The summed E-state index contributed by atoms with van der Waals surface area (Å²) in [5.41, 5.74) is 5.90. The fraction of sp³-hybridized carbons (Fsp3) is 0.400. The van der Waals surface area contributed by atoms with Crippen molar-refractivity contribution in [3.05, 3.63) is 28.7 Å². The molecule has 1 atom stereocenters. The summed E-state index contributed by atoms with van der Waals surface area (Å²) in [6, 6.07) is 2.42. The molecule has 3 N–H and O–H groups in total. The standard InChI is InChI=1S/C10H15N3O2/c1-3-13-6-8(4-5-9(13)14)12-10(15)7(2)11/h4-7H,3,11H2,1-2H3,(H,12,15). The van der Waals surface area contributed by atoms with Gasteiger partial charge in [0.25, 0.3) is 5.56 Å². The lowest BCUT2D eigenvalue weighted by Crippen LogP contribution is -2.33. The van der Waals surface area contributed by atoms with Gasteiger partial charge >= 0.3 is 0 Å². The molecule has 0 radical (unpaired) electrons. The summed E-state index contributed by atoms with van der Waals surface area (Å²) in [5, 5.41) is 2.62. The van der Waals surface area contributed by atoms with Crippen LogP contribution < -0.4 is 16.6 Å². The molecular weight excluding hydrogens is 194 g/mol. The molecule has 5 heteroatoms. The fourth-order valence-electron chi connectivity index (χ4n) is 1.11. The van der Waals surface area contributed by atoms with Gasteiger partial charge in [0, 0.05) is 18.8 Å². The third kappa shape index (κ3) is 2.92. The number of aryl methyl sites for hydroxylation is 1. The van der Waals surface area contributed by atoms with Gasteiger partial charge in [-0.3, -0.25) is 9.59 Å². The van der Waals surface area contributed by atoms with E-state index in [9.17, 15) is 9.59 Å². The van der Waals surface area contributed by atoms with Gasteiger partial charge in [0.05, 0.1) is 11.7 Å². The van der Waals surface area contributed by atoms with Crippen molar-refractivity contribution in [2.45, 2.75) is 26.4 Å². The van der Waals surface area contributed by atoms with Crippen LogP contribution in [0.25, 0.3) is 0 Å². The zero-order chi connectivity index (χ0) is 11.4. The first-order chi connectivity index (χ1) is 7.04. The summed E-state index contributed by atoms with van der Waals surface area (Å²) in [7, 11) is 0. The lowest BCUT2D eigenvalue weighted by molar-refractivity contribution is -0.117. The van der Waals surface area contributed by atoms with Gasteiger partial charge in [-0.1, -0.05) is 0 Å². The molecule has 1 aromatic heterocycles. The van der Waals surface area contributed by atoms with E-state index in [0.29, 0.717) is 12.2 Å². The molecule has 0 aliphatic carbocycles. The lowest BCUT2D eigenvalue weighted by atomic mass is 10.3. The fourth-order valence-corrected chi connectivity index (χ4v) is 1.11. The van der Waals surface area contributed by atoms with Crippen LogP contribution in [0, 0.1) is 0 Å². The van der Waals surface area contributed by atoms with Crippen molar-refractivity contribution in [1.29, 1.82) is 0 Å². The largest absolute Gasteiger partial charge is 0.323 e. The first kappa shape index (κ1) is 11.5. The van der Waals surface area contributed by atoms with Gasteiger partial charge in [0.1, 0.15) is 0 Å². The van der Waals surface area contributed by atoms with E-state index in [0.717, 1.165) is 0 Å². The van der Waals surface area contributed by atoms with Crippen molar-refractivity contribution in [3.63, 3.8) is 0 Å². The van der Waals surface area contributed by atoms with Crippen LogP contribution >= 0.6 is 0 Å². The molecule has 1 rings (SSSR count). The molecule has 0 aliphatic heterocycles. The van der Waals surface area contributed by atoms with Gasteiger partial charge in [-0.2, -0.15) is 0 Å². The normalized spacial score (nSPS) is 12.2. The summed E-state index contributed by atoms with van der Waals surface area (Å²) >= 11 is 0. The monoisotopic (exact) mass is 209 g/mol. The molecule has 1 aromatic rings. The smallest absolute Gasteiger partial charge is 0.250 e. The number of hydrogen-bond acceptors (Lipinski definition) is 3. The molecule has 1 heterocycles. The number of nitrogens with two attached hydrogens (primary N) is 1. The summed E-state index contributed by atoms with van der Waals surface area (Å²) in [6.45, 7) is 4.03. The van der Waals surface area contributed by atoms with E-state index >= 15 is 0 Å². The number of rotatable bonds is 3. The van der Waals surface area contributed by atoms with Gasteiger partial charge in [-0.25, -0.2) is 0 Å². The van der Waals surface area contributed by atoms with Gasteiger partial charge in [-0.15, -0.1) is 0 Å². The quantitative estimate of drug-likeness (QED) is 0.744. The van der Waals surface area contributed by atoms with Crippen molar-refractivity contribution >= 4 is 11.6 Å². The highest BCUT2D eigenvalue weighted by Crippen LogP contribution is 2.03. The van der Waals surface area contributed by atoms with Crippen LogP contribution in [0.5, 0.6) is 0 Å². The first-order valence-corrected chi connectivity index (χ1v) is 4.81. The average molecular weight is 209 g/mol. The number of anilines is 1. The Labute approximate surface area is 87.9 Å². The van der Waals surface area contributed by atoms with Crippen LogP contribution in [0.2, 0.25) is 0 Å². The molecule has 5 nitrogen and oxygen atoms in total. The number of nitrogens with one attached hydrogen (secondary N) is 1. The Balaban J connectivity index is 2.88. The van der Waals surface area contributed by atoms with Crippen LogP contribution in [-0.2, 0) is 11.3 Å². The summed E-state index contributed by atoms with van der Waals surface area (Å²) in [6.07, 6.45) is 1.60. The molecule has 0 bridgehead atoms. The van der Waals surface area contributed by atoms with E-state index in [2.05, 4.69) is 5.32 Å².